The predicted octanol–water partition coefficient (Wildman–Crippen LogP) is 2.31. The Bertz CT molecular complexity index is 769. The Hall–Kier alpha value is -2.44. The van der Waals surface area contributed by atoms with Gasteiger partial charge in [-0.1, -0.05) is 30.3 Å². The monoisotopic (exact) mass is 380 g/mol. The number of aromatic nitrogens is 1. The lowest BCUT2D eigenvalue weighted by atomic mass is 10.2. The first-order valence-electron chi connectivity index (χ1n) is 10.1. The molecule has 1 aromatic heterocycles. The normalized spacial score (nSPS) is 20.3. The Morgan fingerprint density at radius 3 is 2.71 bits per heavy atom. The van der Waals surface area contributed by atoms with Crippen molar-refractivity contribution in [1.82, 2.24) is 15.2 Å². The molecule has 4 rings (SSSR count). The van der Waals surface area contributed by atoms with E-state index in [0.717, 1.165) is 57.9 Å². The van der Waals surface area contributed by atoms with E-state index in [4.69, 9.17) is 4.74 Å². The number of ether oxygens (including phenoxy) is 1. The van der Waals surface area contributed by atoms with Crippen LogP contribution < -0.4 is 10.2 Å². The molecule has 2 fully saturated rings. The molecular formula is C22H28N4O2. The van der Waals surface area contributed by atoms with Crippen LogP contribution in [0.2, 0.25) is 0 Å². The number of hydrogen-bond acceptors (Lipinski definition) is 5. The summed E-state index contributed by atoms with van der Waals surface area (Å²) in [6.45, 7) is 6.24. The summed E-state index contributed by atoms with van der Waals surface area (Å²) in [7, 11) is 0. The summed E-state index contributed by atoms with van der Waals surface area (Å²) in [5, 5.41) is 2.97. The molecule has 2 aromatic rings. The number of carbonyl (C=O) groups is 1. The fourth-order valence-electron chi connectivity index (χ4n) is 3.84. The van der Waals surface area contributed by atoms with Crippen molar-refractivity contribution in [1.29, 1.82) is 0 Å². The molecule has 0 spiro atoms. The van der Waals surface area contributed by atoms with Gasteiger partial charge in [-0.05, 0) is 24.5 Å². The third-order valence-electron chi connectivity index (χ3n) is 5.49. The van der Waals surface area contributed by atoms with E-state index in [1.807, 2.05) is 12.3 Å². The molecule has 0 radical (unpaired) electrons. The maximum atomic E-state index is 12.5. The van der Waals surface area contributed by atoms with Gasteiger partial charge in [0, 0.05) is 52.1 Å². The Morgan fingerprint density at radius 2 is 1.96 bits per heavy atom. The third kappa shape index (κ3) is 4.88. The molecule has 2 aliphatic heterocycles. The van der Waals surface area contributed by atoms with Crippen molar-refractivity contribution in [3.63, 3.8) is 0 Å². The molecule has 0 bridgehead atoms. The molecule has 1 amide bonds. The van der Waals surface area contributed by atoms with Crippen molar-refractivity contribution < 1.29 is 9.53 Å². The van der Waals surface area contributed by atoms with Gasteiger partial charge in [-0.15, -0.1) is 0 Å². The van der Waals surface area contributed by atoms with E-state index in [2.05, 4.69) is 50.4 Å². The van der Waals surface area contributed by atoms with E-state index in [1.54, 1.807) is 6.20 Å². The maximum absolute atomic E-state index is 12.5. The molecule has 1 atom stereocenters. The van der Waals surface area contributed by atoms with E-state index in [-0.39, 0.29) is 12.0 Å². The van der Waals surface area contributed by atoms with Gasteiger partial charge in [-0.2, -0.15) is 0 Å². The van der Waals surface area contributed by atoms with Gasteiger partial charge in [0.15, 0.2) is 0 Å². The third-order valence-corrected chi connectivity index (χ3v) is 5.49. The molecular weight excluding hydrogens is 352 g/mol. The zero-order chi connectivity index (χ0) is 19.2. The number of pyridine rings is 1. The number of amides is 1. The van der Waals surface area contributed by atoms with Crippen LogP contribution in [0.5, 0.6) is 0 Å². The van der Waals surface area contributed by atoms with E-state index in [0.29, 0.717) is 12.1 Å². The first-order valence-corrected chi connectivity index (χ1v) is 10.1. The van der Waals surface area contributed by atoms with Gasteiger partial charge in [0.2, 0.25) is 0 Å². The van der Waals surface area contributed by atoms with Crippen molar-refractivity contribution in [3.8, 4) is 0 Å². The van der Waals surface area contributed by atoms with Crippen molar-refractivity contribution in [3.05, 3.63) is 59.9 Å². The Labute approximate surface area is 166 Å². The number of piperazine rings is 1. The Kier molecular flexibility index (Phi) is 6.19. The van der Waals surface area contributed by atoms with Gasteiger partial charge < -0.3 is 15.0 Å². The number of benzene rings is 1. The molecule has 1 aromatic carbocycles. The Balaban J connectivity index is 1.30. The molecule has 28 heavy (non-hydrogen) atoms. The summed E-state index contributed by atoms with van der Waals surface area (Å²) in [4.78, 5) is 21.5. The highest BCUT2D eigenvalue weighted by Crippen LogP contribution is 2.18. The first-order chi connectivity index (χ1) is 13.8. The number of rotatable bonds is 6. The Morgan fingerprint density at radius 1 is 1.14 bits per heavy atom. The second-order valence-electron chi connectivity index (χ2n) is 7.53. The molecule has 0 saturated carbocycles. The highest BCUT2D eigenvalue weighted by Gasteiger charge is 2.20. The maximum Gasteiger partial charge on any atom is 0.253 e. The smallest absolute Gasteiger partial charge is 0.253 e. The van der Waals surface area contributed by atoms with Gasteiger partial charge in [-0.3, -0.25) is 14.7 Å². The number of hydrogen-bond donors (Lipinski definition) is 1. The minimum atomic E-state index is -0.0763. The fraction of sp³-hybridized carbons (Fsp3) is 0.455. The van der Waals surface area contributed by atoms with Crippen LogP contribution in [0.1, 0.15) is 28.8 Å². The van der Waals surface area contributed by atoms with Crippen molar-refractivity contribution >= 4 is 11.6 Å². The average Bonchev–Trinajstić information content (AvgIpc) is 3.27. The topological polar surface area (TPSA) is 57.7 Å². The van der Waals surface area contributed by atoms with Gasteiger partial charge in [0.25, 0.3) is 5.91 Å². The second kappa shape index (κ2) is 9.17. The lowest BCUT2D eigenvalue weighted by Gasteiger charge is -2.36. The molecule has 3 heterocycles. The van der Waals surface area contributed by atoms with Crippen LogP contribution in [0.4, 0.5) is 5.69 Å². The SMILES string of the molecule is O=C(NCC1CCCO1)c1cncc(N2CCN(Cc3ccccc3)CC2)c1. The summed E-state index contributed by atoms with van der Waals surface area (Å²) in [5.41, 5.74) is 2.98. The van der Waals surface area contributed by atoms with E-state index in [9.17, 15) is 4.79 Å². The van der Waals surface area contributed by atoms with Crippen LogP contribution in [-0.4, -0.2) is 61.2 Å². The predicted molar refractivity (Wildman–Crippen MR) is 109 cm³/mol. The molecule has 148 valence electrons. The van der Waals surface area contributed by atoms with Gasteiger partial charge in [0.05, 0.1) is 23.6 Å². The largest absolute Gasteiger partial charge is 0.376 e. The average molecular weight is 380 g/mol. The number of anilines is 1. The van der Waals surface area contributed by atoms with E-state index in [1.165, 1.54) is 5.56 Å². The highest BCUT2D eigenvalue weighted by atomic mass is 16.5. The van der Waals surface area contributed by atoms with E-state index >= 15 is 0 Å². The van der Waals surface area contributed by atoms with Crippen LogP contribution in [0.15, 0.2) is 48.8 Å². The van der Waals surface area contributed by atoms with Crippen LogP contribution in [0.3, 0.4) is 0 Å². The van der Waals surface area contributed by atoms with Crippen molar-refractivity contribution in [2.45, 2.75) is 25.5 Å². The van der Waals surface area contributed by atoms with E-state index < -0.39 is 0 Å². The minimum Gasteiger partial charge on any atom is -0.376 e. The lowest BCUT2D eigenvalue weighted by Crippen LogP contribution is -2.46. The fourth-order valence-corrected chi connectivity index (χ4v) is 3.84. The summed E-state index contributed by atoms with van der Waals surface area (Å²) < 4.78 is 5.57. The summed E-state index contributed by atoms with van der Waals surface area (Å²) in [5.74, 6) is -0.0763. The zero-order valence-electron chi connectivity index (χ0n) is 16.2. The molecule has 6 nitrogen and oxygen atoms in total. The van der Waals surface area contributed by atoms with Crippen LogP contribution in [0, 0.1) is 0 Å². The molecule has 6 heteroatoms. The zero-order valence-corrected chi connectivity index (χ0v) is 16.2. The minimum absolute atomic E-state index is 0.0763. The molecule has 1 N–H and O–H groups in total. The molecule has 0 aliphatic carbocycles. The lowest BCUT2D eigenvalue weighted by molar-refractivity contribution is 0.0857. The number of nitrogens with zero attached hydrogens (tertiary/aromatic N) is 3. The van der Waals surface area contributed by atoms with Gasteiger partial charge in [0.1, 0.15) is 0 Å². The quantitative estimate of drug-likeness (QED) is 0.833. The van der Waals surface area contributed by atoms with Crippen molar-refractivity contribution in [2.75, 3.05) is 44.2 Å². The highest BCUT2D eigenvalue weighted by molar-refractivity contribution is 5.94. The standard InChI is InChI=1S/C22H28N4O2/c27-22(24-16-21-7-4-12-28-21)19-13-20(15-23-14-19)26-10-8-25(9-11-26)17-18-5-2-1-3-6-18/h1-3,5-6,13-15,21H,4,7-12,16-17H2,(H,24,27). The van der Waals surface area contributed by atoms with Crippen LogP contribution in [0.25, 0.3) is 0 Å². The molecule has 1 unspecified atom stereocenters. The van der Waals surface area contributed by atoms with Gasteiger partial charge >= 0.3 is 0 Å². The van der Waals surface area contributed by atoms with Crippen LogP contribution in [-0.2, 0) is 11.3 Å². The first kappa shape index (κ1) is 18.9. The van der Waals surface area contributed by atoms with Gasteiger partial charge in [-0.25, -0.2) is 0 Å². The summed E-state index contributed by atoms with van der Waals surface area (Å²) >= 11 is 0. The van der Waals surface area contributed by atoms with Crippen LogP contribution >= 0.6 is 0 Å². The van der Waals surface area contributed by atoms with Crippen molar-refractivity contribution in [2.24, 2.45) is 0 Å². The molecule has 2 saturated heterocycles. The number of nitrogens with one attached hydrogen (secondary N) is 1. The second-order valence-corrected chi connectivity index (χ2v) is 7.53. The molecule has 2 aliphatic rings. The number of carbonyl (C=O) groups excluding carboxylic acids is 1. The summed E-state index contributed by atoms with van der Waals surface area (Å²) in [6.07, 6.45) is 5.74. The summed E-state index contributed by atoms with van der Waals surface area (Å²) in [6, 6.07) is 12.5.